The molecular formula is C17H29ClN4O. The van der Waals surface area contributed by atoms with Crippen LogP contribution in [0.3, 0.4) is 0 Å². The van der Waals surface area contributed by atoms with E-state index in [0.29, 0.717) is 23.7 Å². The van der Waals surface area contributed by atoms with Gasteiger partial charge in [0.15, 0.2) is 0 Å². The van der Waals surface area contributed by atoms with Crippen molar-refractivity contribution in [1.29, 1.82) is 0 Å². The number of amides is 1. The van der Waals surface area contributed by atoms with Gasteiger partial charge in [-0.2, -0.15) is 5.10 Å². The van der Waals surface area contributed by atoms with Gasteiger partial charge >= 0.3 is 0 Å². The summed E-state index contributed by atoms with van der Waals surface area (Å²) in [4.78, 5) is 12.4. The SMILES string of the molecule is CC1CCC(NC(=O)c2ccn(C3CCCNC3)n2)C(C)C1.Cl. The first-order valence-electron chi connectivity index (χ1n) is 8.70. The third-order valence-electron chi connectivity index (χ3n) is 5.23. The van der Waals surface area contributed by atoms with Crippen molar-refractivity contribution < 1.29 is 4.79 Å². The summed E-state index contributed by atoms with van der Waals surface area (Å²) in [6.07, 6.45) is 7.74. The van der Waals surface area contributed by atoms with Crippen molar-refractivity contribution >= 4 is 18.3 Å². The summed E-state index contributed by atoms with van der Waals surface area (Å²) in [5, 5.41) is 11.1. The van der Waals surface area contributed by atoms with Crippen LogP contribution in [0.4, 0.5) is 0 Å². The Bertz CT molecular complexity index is 512. The monoisotopic (exact) mass is 340 g/mol. The van der Waals surface area contributed by atoms with Gasteiger partial charge in [0.05, 0.1) is 6.04 Å². The summed E-state index contributed by atoms with van der Waals surface area (Å²) in [5.74, 6) is 1.31. The minimum Gasteiger partial charge on any atom is -0.348 e. The van der Waals surface area contributed by atoms with Crippen LogP contribution in [-0.2, 0) is 0 Å². The third-order valence-corrected chi connectivity index (χ3v) is 5.23. The van der Waals surface area contributed by atoms with Crippen LogP contribution in [-0.4, -0.2) is 34.8 Å². The van der Waals surface area contributed by atoms with E-state index in [-0.39, 0.29) is 18.3 Å². The molecule has 6 heteroatoms. The van der Waals surface area contributed by atoms with Crippen LogP contribution >= 0.6 is 12.4 Å². The van der Waals surface area contributed by atoms with E-state index in [1.807, 2.05) is 16.9 Å². The van der Waals surface area contributed by atoms with Crippen molar-refractivity contribution in [3.63, 3.8) is 0 Å². The molecule has 1 aromatic heterocycles. The van der Waals surface area contributed by atoms with Crippen molar-refractivity contribution in [3.8, 4) is 0 Å². The maximum absolute atomic E-state index is 12.4. The van der Waals surface area contributed by atoms with E-state index in [1.54, 1.807) is 0 Å². The number of nitrogens with zero attached hydrogens (tertiary/aromatic N) is 2. The molecule has 4 unspecified atom stereocenters. The molecule has 2 heterocycles. The largest absolute Gasteiger partial charge is 0.348 e. The summed E-state index contributed by atoms with van der Waals surface area (Å²) in [7, 11) is 0. The third kappa shape index (κ3) is 4.48. The van der Waals surface area contributed by atoms with Gasteiger partial charge in [-0.1, -0.05) is 13.8 Å². The molecule has 1 aliphatic heterocycles. The molecule has 2 fully saturated rings. The second-order valence-corrected chi connectivity index (χ2v) is 7.16. The van der Waals surface area contributed by atoms with Gasteiger partial charge < -0.3 is 10.6 Å². The minimum atomic E-state index is -0.0195. The molecule has 1 aliphatic carbocycles. The van der Waals surface area contributed by atoms with Gasteiger partial charge in [0.1, 0.15) is 5.69 Å². The van der Waals surface area contributed by atoms with Crippen LogP contribution < -0.4 is 10.6 Å². The van der Waals surface area contributed by atoms with E-state index in [9.17, 15) is 4.79 Å². The maximum atomic E-state index is 12.4. The average Bonchev–Trinajstić information content (AvgIpc) is 3.01. The highest BCUT2D eigenvalue weighted by molar-refractivity contribution is 5.92. The topological polar surface area (TPSA) is 59.0 Å². The van der Waals surface area contributed by atoms with Gasteiger partial charge in [0.25, 0.3) is 5.91 Å². The molecule has 4 atom stereocenters. The number of hydrogen-bond acceptors (Lipinski definition) is 3. The lowest BCUT2D eigenvalue weighted by molar-refractivity contribution is 0.0893. The molecule has 1 amide bonds. The van der Waals surface area contributed by atoms with Crippen LogP contribution in [0, 0.1) is 11.8 Å². The molecule has 0 radical (unpaired) electrons. The first-order chi connectivity index (χ1) is 10.6. The lowest BCUT2D eigenvalue weighted by atomic mass is 9.80. The molecule has 1 saturated carbocycles. The molecule has 3 rings (SSSR count). The van der Waals surface area contributed by atoms with E-state index >= 15 is 0 Å². The van der Waals surface area contributed by atoms with E-state index < -0.39 is 0 Å². The molecule has 2 N–H and O–H groups in total. The fraction of sp³-hybridized carbons (Fsp3) is 0.765. The number of carbonyl (C=O) groups excluding carboxylic acids is 1. The van der Waals surface area contributed by atoms with Crippen LogP contribution in [0.2, 0.25) is 0 Å². The van der Waals surface area contributed by atoms with Gasteiger partial charge in [0.2, 0.25) is 0 Å². The number of nitrogens with one attached hydrogen (secondary N) is 2. The zero-order valence-corrected chi connectivity index (χ0v) is 14.9. The first-order valence-corrected chi connectivity index (χ1v) is 8.70. The molecule has 5 nitrogen and oxygen atoms in total. The predicted molar refractivity (Wildman–Crippen MR) is 94.0 cm³/mol. The first kappa shape index (κ1) is 18.3. The molecule has 2 aliphatic rings. The number of halogens is 1. The molecule has 23 heavy (non-hydrogen) atoms. The number of carbonyl (C=O) groups is 1. The lowest BCUT2D eigenvalue weighted by Gasteiger charge is -2.32. The number of rotatable bonds is 3. The Labute approximate surface area is 145 Å². The molecular weight excluding hydrogens is 312 g/mol. The smallest absolute Gasteiger partial charge is 0.272 e. The number of piperidine rings is 1. The molecule has 0 bridgehead atoms. The van der Waals surface area contributed by atoms with E-state index in [0.717, 1.165) is 31.8 Å². The second-order valence-electron chi connectivity index (χ2n) is 7.16. The van der Waals surface area contributed by atoms with E-state index in [1.165, 1.54) is 19.3 Å². The van der Waals surface area contributed by atoms with Crippen LogP contribution in [0.1, 0.15) is 62.5 Å². The summed E-state index contributed by atoms with van der Waals surface area (Å²) in [5.41, 5.74) is 0.552. The zero-order valence-electron chi connectivity index (χ0n) is 14.1. The Morgan fingerprint density at radius 3 is 2.87 bits per heavy atom. The van der Waals surface area contributed by atoms with Gasteiger partial charge in [-0.3, -0.25) is 9.48 Å². The second kappa shape index (κ2) is 8.15. The van der Waals surface area contributed by atoms with Crippen LogP contribution in [0.15, 0.2) is 12.3 Å². The quantitative estimate of drug-likeness (QED) is 0.889. The van der Waals surface area contributed by atoms with E-state index in [2.05, 4.69) is 29.6 Å². The summed E-state index contributed by atoms with van der Waals surface area (Å²) >= 11 is 0. The number of aromatic nitrogens is 2. The highest BCUT2D eigenvalue weighted by Crippen LogP contribution is 2.28. The maximum Gasteiger partial charge on any atom is 0.272 e. The molecule has 1 aromatic rings. The normalized spacial score (nSPS) is 31.2. The fourth-order valence-corrected chi connectivity index (χ4v) is 3.84. The Kier molecular flexibility index (Phi) is 6.48. The van der Waals surface area contributed by atoms with Gasteiger partial charge in [0, 0.05) is 18.8 Å². The van der Waals surface area contributed by atoms with Crippen LogP contribution in [0.5, 0.6) is 0 Å². The Morgan fingerprint density at radius 2 is 2.17 bits per heavy atom. The predicted octanol–water partition coefficient (Wildman–Crippen LogP) is 2.78. The Morgan fingerprint density at radius 1 is 1.35 bits per heavy atom. The molecule has 130 valence electrons. The number of hydrogen-bond donors (Lipinski definition) is 2. The lowest BCUT2D eigenvalue weighted by Crippen LogP contribution is -2.42. The molecule has 0 aromatic carbocycles. The van der Waals surface area contributed by atoms with Crippen molar-refractivity contribution in [3.05, 3.63) is 18.0 Å². The van der Waals surface area contributed by atoms with Crippen molar-refractivity contribution in [2.45, 2.75) is 58.0 Å². The van der Waals surface area contributed by atoms with E-state index in [4.69, 9.17) is 0 Å². The average molecular weight is 341 g/mol. The van der Waals surface area contributed by atoms with Crippen molar-refractivity contribution in [1.82, 2.24) is 20.4 Å². The summed E-state index contributed by atoms with van der Waals surface area (Å²) in [6, 6.07) is 2.52. The Hall–Kier alpha value is -1.07. The highest BCUT2D eigenvalue weighted by Gasteiger charge is 2.27. The summed E-state index contributed by atoms with van der Waals surface area (Å²) < 4.78 is 1.95. The van der Waals surface area contributed by atoms with Gasteiger partial charge in [-0.05, 0) is 56.6 Å². The van der Waals surface area contributed by atoms with Crippen molar-refractivity contribution in [2.24, 2.45) is 11.8 Å². The van der Waals surface area contributed by atoms with Gasteiger partial charge in [-0.25, -0.2) is 0 Å². The fourth-order valence-electron chi connectivity index (χ4n) is 3.84. The highest BCUT2D eigenvalue weighted by atomic mass is 35.5. The molecule has 1 saturated heterocycles. The standard InChI is InChI=1S/C17H28N4O.ClH/c1-12-5-6-15(13(2)10-12)19-17(22)16-7-9-21(20-16)14-4-3-8-18-11-14;/h7,9,12-15,18H,3-6,8,10-11H2,1-2H3,(H,19,22);1H. The minimum absolute atomic E-state index is 0. The zero-order chi connectivity index (χ0) is 15.5. The summed E-state index contributed by atoms with van der Waals surface area (Å²) in [6.45, 7) is 6.57. The molecule has 0 spiro atoms. The van der Waals surface area contributed by atoms with Crippen molar-refractivity contribution in [2.75, 3.05) is 13.1 Å². The Balaban J connectivity index is 0.00000192. The van der Waals surface area contributed by atoms with Gasteiger partial charge in [-0.15, -0.1) is 12.4 Å². The van der Waals surface area contributed by atoms with Crippen LogP contribution in [0.25, 0.3) is 0 Å².